The molecule has 1 aliphatic heterocycles. The van der Waals surface area contributed by atoms with Crippen molar-refractivity contribution in [2.75, 3.05) is 13.1 Å². The lowest BCUT2D eigenvalue weighted by Crippen LogP contribution is -2.29. The van der Waals surface area contributed by atoms with Gasteiger partial charge in [-0.3, -0.25) is 0 Å². The molecule has 1 aromatic carbocycles. The number of carbonyl (C=O) groups excluding carboxylic acids is 1. The summed E-state index contributed by atoms with van der Waals surface area (Å²) in [5.74, 6) is -0.300. The number of rotatable bonds is 5. The van der Waals surface area contributed by atoms with Crippen molar-refractivity contribution in [3.05, 3.63) is 34.4 Å². The summed E-state index contributed by atoms with van der Waals surface area (Å²) >= 11 is 0. The first-order valence-corrected chi connectivity index (χ1v) is 6.37. The Morgan fingerprint density at radius 3 is 2.79 bits per heavy atom. The van der Waals surface area contributed by atoms with Gasteiger partial charge in [-0.1, -0.05) is 6.07 Å². The number of hydrogen-bond acceptors (Lipinski definition) is 5. The number of aliphatic hydroxyl groups is 2. The number of aliphatic hydroxyl groups excluding tert-OH is 2. The number of benzene rings is 1. The van der Waals surface area contributed by atoms with Gasteiger partial charge in [0.2, 0.25) is 0 Å². The van der Waals surface area contributed by atoms with Gasteiger partial charge in [0, 0.05) is 18.7 Å². The van der Waals surface area contributed by atoms with E-state index in [1.54, 1.807) is 19.1 Å². The Kier molecular flexibility index (Phi) is 4.19. The summed E-state index contributed by atoms with van der Waals surface area (Å²) in [6, 6.07) is 3.46. The van der Waals surface area contributed by atoms with Gasteiger partial charge in [0.25, 0.3) is 0 Å². The first kappa shape index (κ1) is 14.0. The fraction of sp³-hybridized carbons (Fsp3) is 0.500. The molecular formula is C14H19NO4. The molecule has 5 heteroatoms. The van der Waals surface area contributed by atoms with Crippen LogP contribution in [0.5, 0.6) is 0 Å². The fourth-order valence-electron chi connectivity index (χ4n) is 2.27. The van der Waals surface area contributed by atoms with E-state index in [2.05, 4.69) is 5.32 Å². The molecule has 2 rings (SSSR count). The van der Waals surface area contributed by atoms with Crippen molar-refractivity contribution in [2.45, 2.75) is 32.7 Å². The highest BCUT2D eigenvalue weighted by Gasteiger charge is 2.25. The van der Waals surface area contributed by atoms with Crippen molar-refractivity contribution in [3.8, 4) is 0 Å². The minimum Gasteiger partial charge on any atom is -0.457 e. The Labute approximate surface area is 112 Å². The summed E-state index contributed by atoms with van der Waals surface area (Å²) in [7, 11) is 0. The van der Waals surface area contributed by atoms with Crippen LogP contribution in [0, 0.1) is 6.92 Å². The molecule has 0 saturated heterocycles. The second kappa shape index (κ2) is 5.69. The highest BCUT2D eigenvalue weighted by atomic mass is 16.5. The van der Waals surface area contributed by atoms with Crippen LogP contribution in [0.2, 0.25) is 0 Å². The van der Waals surface area contributed by atoms with Crippen molar-refractivity contribution in [1.82, 2.24) is 5.32 Å². The van der Waals surface area contributed by atoms with E-state index >= 15 is 0 Å². The molecule has 0 saturated carbocycles. The van der Waals surface area contributed by atoms with E-state index in [1.807, 2.05) is 6.92 Å². The van der Waals surface area contributed by atoms with E-state index in [0.29, 0.717) is 18.7 Å². The molecule has 0 spiro atoms. The van der Waals surface area contributed by atoms with Crippen LogP contribution in [0.3, 0.4) is 0 Å². The third-order valence-electron chi connectivity index (χ3n) is 3.34. The first-order valence-electron chi connectivity index (χ1n) is 6.37. The van der Waals surface area contributed by atoms with E-state index in [4.69, 9.17) is 9.84 Å². The van der Waals surface area contributed by atoms with Gasteiger partial charge in [-0.05, 0) is 31.0 Å². The van der Waals surface area contributed by atoms with Gasteiger partial charge < -0.3 is 20.3 Å². The molecule has 3 N–H and O–H groups in total. The lowest BCUT2D eigenvalue weighted by Gasteiger charge is -2.16. The summed E-state index contributed by atoms with van der Waals surface area (Å²) in [6.45, 7) is 4.64. The molecule has 19 heavy (non-hydrogen) atoms. The fourth-order valence-corrected chi connectivity index (χ4v) is 2.27. The summed E-state index contributed by atoms with van der Waals surface area (Å²) in [6.07, 6.45) is -1.11. The molecule has 104 valence electrons. The molecule has 1 unspecified atom stereocenters. The number of cyclic esters (lactones) is 1. The molecule has 0 bridgehead atoms. The van der Waals surface area contributed by atoms with E-state index in [1.165, 1.54) is 0 Å². The molecule has 1 aromatic rings. The molecule has 0 amide bonds. The minimum absolute atomic E-state index is 0.279. The van der Waals surface area contributed by atoms with Gasteiger partial charge in [0.1, 0.15) is 6.61 Å². The van der Waals surface area contributed by atoms with Gasteiger partial charge >= 0.3 is 5.97 Å². The molecule has 2 atom stereocenters. The summed E-state index contributed by atoms with van der Waals surface area (Å²) in [5.41, 5.74) is 3.13. The smallest absolute Gasteiger partial charge is 0.338 e. The third kappa shape index (κ3) is 2.94. The SMILES string of the molecule is Cc1c([C@@H](O)CNCC(C)O)ccc2c1COC2=O. The zero-order valence-electron chi connectivity index (χ0n) is 11.1. The highest BCUT2D eigenvalue weighted by molar-refractivity contribution is 5.93. The van der Waals surface area contributed by atoms with Gasteiger partial charge in [0.15, 0.2) is 0 Å². The number of ether oxygens (including phenoxy) is 1. The van der Waals surface area contributed by atoms with E-state index in [9.17, 15) is 9.90 Å². The quantitative estimate of drug-likeness (QED) is 0.682. The number of carbonyl (C=O) groups is 1. The molecular weight excluding hydrogens is 246 g/mol. The highest BCUT2D eigenvalue weighted by Crippen LogP contribution is 2.28. The zero-order chi connectivity index (χ0) is 14.0. The van der Waals surface area contributed by atoms with Crippen LogP contribution in [0.1, 0.15) is 40.1 Å². The monoisotopic (exact) mass is 265 g/mol. The Morgan fingerprint density at radius 2 is 2.11 bits per heavy atom. The summed E-state index contributed by atoms with van der Waals surface area (Å²) in [4.78, 5) is 11.4. The predicted molar refractivity (Wildman–Crippen MR) is 69.8 cm³/mol. The van der Waals surface area contributed by atoms with Crippen LogP contribution in [0.4, 0.5) is 0 Å². The maximum atomic E-state index is 11.4. The van der Waals surface area contributed by atoms with Crippen LogP contribution in [-0.2, 0) is 11.3 Å². The van der Waals surface area contributed by atoms with Gasteiger partial charge in [-0.25, -0.2) is 4.79 Å². The molecule has 0 fully saturated rings. The van der Waals surface area contributed by atoms with Crippen LogP contribution in [-0.4, -0.2) is 35.4 Å². The predicted octanol–water partition coefficient (Wildman–Crippen LogP) is 0.669. The van der Waals surface area contributed by atoms with Crippen molar-refractivity contribution >= 4 is 5.97 Å². The van der Waals surface area contributed by atoms with Crippen molar-refractivity contribution in [3.63, 3.8) is 0 Å². The normalized spacial score (nSPS) is 16.9. The lowest BCUT2D eigenvalue weighted by atomic mass is 9.95. The maximum absolute atomic E-state index is 11.4. The number of esters is 1. The average Bonchev–Trinajstić information content (AvgIpc) is 2.72. The maximum Gasteiger partial charge on any atom is 0.338 e. The average molecular weight is 265 g/mol. The Balaban J connectivity index is 2.11. The zero-order valence-corrected chi connectivity index (χ0v) is 11.1. The third-order valence-corrected chi connectivity index (χ3v) is 3.34. The van der Waals surface area contributed by atoms with Crippen LogP contribution < -0.4 is 5.32 Å². The summed E-state index contributed by atoms with van der Waals surface area (Å²) < 4.78 is 4.98. The Hall–Kier alpha value is -1.43. The molecule has 1 heterocycles. The van der Waals surface area contributed by atoms with Crippen molar-refractivity contribution < 1.29 is 19.7 Å². The second-order valence-electron chi connectivity index (χ2n) is 4.91. The minimum atomic E-state index is -0.667. The molecule has 5 nitrogen and oxygen atoms in total. The van der Waals surface area contributed by atoms with Gasteiger partial charge in [-0.15, -0.1) is 0 Å². The van der Waals surface area contributed by atoms with Crippen molar-refractivity contribution in [1.29, 1.82) is 0 Å². The molecule has 1 aliphatic rings. The van der Waals surface area contributed by atoms with Crippen LogP contribution >= 0.6 is 0 Å². The summed E-state index contributed by atoms with van der Waals surface area (Å²) in [5, 5.41) is 22.3. The number of fused-ring (bicyclic) bond motifs is 1. The standard InChI is InChI=1S/C14H19NO4/c1-8(16)5-15-6-13(17)10-3-4-11-12(9(10)2)7-19-14(11)18/h3-4,8,13,15-17H,5-7H2,1-2H3/t8?,13-/m0/s1. The van der Waals surface area contributed by atoms with E-state index < -0.39 is 12.2 Å². The van der Waals surface area contributed by atoms with E-state index in [0.717, 1.165) is 16.7 Å². The topological polar surface area (TPSA) is 78.8 Å². The lowest BCUT2D eigenvalue weighted by molar-refractivity contribution is 0.0535. The van der Waals surface area contributed by atoms with Crippen LogP contribution in [0.25, 0.3) is 0 Å². The molecule has 0 aliphatic carbocycles. The molecule has 0 aromatic heterocycles. The Morgan fingerprint density at radius 1 is 1.37 bits per heavy atom. The number of nitrogens with one attached hydrogen (secondary N) is 1. The van der Waals surface area contributed by atoms with Crippen molar-refractivity contribution in [2.24, 2.45) is 0 Å². The van der Waals surface area contributed by atoms with E-state index in [-0.39, 0.29) is 12.6 Å². The van der Waals surface area contributed by atoms with Crippen LogP contribution in [0.15, 0.2) is 12.1 Å². The second-order valence-corrected chi connectivity index (χ2v) is 4.91. The Bertz CT molecular complexity index is 485. The number of hydrogen-bond donors (Lipinski definition) is 3. The first-order chi connectivity index (χ1) is 9.00. The van der Waals surface area contributed by atoms with Gasteiger partial charge in [-0.2, -0.15) is 0 Å². The van der Waals surface area contributed by atoms with Gasteiger partial charge in [0.05, 0.1) is 17.8 Å². The largest absolute Gasteiger partial charge is 0.457 e. The molecule has 0 radical (unpaired) electrons.